The van der Waals surface area contributed by atoms with Crippen molar-refractivity contribution in [2.75, 3.05) is 12.4 Å². The summed E-state index contributed by atoms with van der Waals surface area (Å²) in [4.78, 5) is 22.3. The molecule has 4 aromatic rings. The molecule has 0 aliphatic carbocycles. The van der Waals surface area contributed by atoms with Gasteiger partial charge in [0.15, 0.2) is 0 Å². The number of ether oxygens (including phenoxy) is 1. The van der Waals surface area contributed by atoms with E-state index in [9.17, 15) is 4.79 Å². The highest BCUT2D eigenvalue weighted by Crippen LogP contribution is 2.34. The molecule has 1 N–H and O–H groups in total. The van der Waals surface area contributed by atoms with E-state index in [2.05, 4.69) is 15.2 Å². The number of hydrogen-bond acceptors (Lipinski definition) is 7. The van der Waals surface area contributed by atoms with Crippen LogP contribution in [0.15, 0.2) is 76.2 Å². The van der Waals surface area contributed by atoms with E-state index in [0.29, 0.717) is 28.5 Å². The van der Waals surface area contributed by atoms with Crippen LogP contribution < -0.4 is 10.1 Å². The predicted octanol–water partition coefficient (Wildman–Crippen LogP) is 5.77. The first-order valence-electron chi connectivity index (χ1n) is 9.04. The SMILES string of the molecule is COOSc1ccc(Oc2cc(C(=O)Nc3ccccn3)cc3oc(C)cc23)cc1. The minimum absolute atomic E-state index is 0.307. The summed E-state index contributed by atoms with van der Waals surface area (Å²) in [5, 5.41) is 3.55. The number of aromatic nitrogens is 1. The molecule has 0 fully saturated rings. The highest BCUT2D eigenvalue weighted by Gasteiger charge is 2.15. The summed E-state index contributed by atoms with van der Waals surface area (Å²) in [6, 6.07) is 17.9. The van der Waals surface area contributed by atoms with Crippen LogP contribution in [0.2, 0.25) is 0 Å². The zero-order chi connectivity index (χ0) is 20.9. The first-order chi connectivity index (χ1) is 14.6. The Kier molecular flexibility index (Phi) is 5.99. The molecule has 0 unspecified atom stereocenters. The fourth-order valence-electron chi connectivity index (χ4n) is 2.84. The lowest BCUT2D eigenvalue weighted by molar-refractivity contribution is -0.160. The minimum atomic E-state index is -0.307. The summed E-state index contributed by atoms with van der Waals surface area (Å²) < 4.78 is 16.7. The van der Waals surface area contributed by atoms with Crippen LogP contribution in [0.3, 0.4) is 0 Å². The van der Waals surface area contributed by atoms with Crippen molar-refractivity contribution in [3.05, 3.63) is 78.2 Å². The Morgan fingerprint density at radius 1 is 1.10 bits per heavy atom. The van der Waals surface area contributed by atoms with E-state index in [0.717, 1.165) is 28.1 Å². The van der Waals surface area contributed by atoms with Gasteiger partial charge in [0.05, 0.1) is 24.5 Å². The molecule has 0 atom stereocenters. The van der Waals surface area contributed by atoms with Gasteiger partial charge in [-0.3, -0.25) is 4.79 Å². The Balaban J connectivity index is 1.62. The summed E-state index contributed by atoms with van der Waals surface area (Å²) in [7, 11) is 1.44. The van der Waals surface area contributed by atoms with Crippen molar-refractivity contribution in [1.82, 2.24) is 4.98 Å². The summed E-state index contributed by atoms with van der Waals surface area (Å²) in [6.45, 7) is 1.85. The highest BCUT2D eigenvalue weighted by atomic mass is 32.2. The monoisotopic (exact) mass is 422 g/mol. The Labute approximate surface area is 177 Å². The summed E-state index contributed by atoms with van der Waals surface area (Å²) in [5.74, 6) is 2.01. The molecule has 0 aliphatic heterocycles. The van der Waals surface area contributed by atoms with Crippen molar-refractivity contribution < 1.29 is 23.2 Å². The first kappa shape index (κ1) is 20.0. The first-order valence-corrected chi connectivity index (χ1v) is 9.78. The third-order valence-corrected chi connectivity index (χ3v) is 4.81. The van der Waals surface area contributed by atoms with Crippen molar-refractivity contribution >= 4 is 34.7 Å². The molecule has 0 saturated heterocycles. The molecule has 1 amide bonds. The van der Waals surface area contributed by atoms with Gasteiger partial charge in [-0.25, -0.2) is 9.87 Å². The van der Waals surface area contributed by atoms with Gasteiger partial charge in [-0.1, -0.05) is 6.07 Å². The largest absolute Gasteiger partial charge is 0.461 e. The molecule has 2 aromatic heterocycles. The van der Waals surface area contributed by atoms with Crippen LogP contribution in [0.5, 0.6) is 11.5 Å². The van der Waals surface area contributed by atoms with Gasteiger partial charge in [-0.05, 0) is 61.5 Å². The van der Waals surface area contributed by atoms with Crippen molar-refractivity contribution in [3.63, 3.8) is 0 Å². The second-order valence-electron chi connectivity index (χ2n) is 6.30. The number of carbonyl (C=O) groups is 1. The maximum atomic E-state index is 12.7. The number of nitrogens with zero attached hydrogens (tertiary/aromatic N) is 1. The number of fused-ring (bicyclic) bond motifs is 1. The maximum absolute atomic E-state index is 12.7. The third kappa shape index (κ3) is 4.62. The molecule has 30 heavy (non-hydrogen) atoms. The van der Waals surface area contributed by atoms with E-state index < -0.39 is 0 Å². The van der Waals surface area contributed by atoms with Crippen LogP contribution in [-0.4, -0.2) is 18.0 Å². The number of hydrogen-bond donors (Lipinski definition) is 1. The second-order valence-corrected chi connectivity index (χ2v) is 7.08. The van der Waals surface area contributed by atoms with Crippen molar-refractivity contribution in [2.24, 2.45) is 0 Å². The van der Waals surface area contributed by atoms with Crippen LogP contribution in [0.4, 0.5) is 5.82 Å². The molecular weight excluding hydrogens is 404 g/mol. The molecule has 0 saturated carbocycles. The smallest absolute Gasteiger partial charge is 0.257 e. The Morgan fingerprint density at radius 3 is 2.67 bits per heavy atom. The van der Waals surface area contributed by atoms with Gasteiger partial charge in [-0.15, -0.1) is 0 Å². The lowest BCUT2D eigenvalue weighted by Crippen LogP contribution is -2.12. The number of furan rings is 1. The molecule has 0 radical (unpaired) electrons. The molecule has 4 rings (SSSR count). The van der Waals surface area contributed by atoms with E-state index in [1.165, 1.54) is 7.11 Å². The van der Waals surface area contributed by atoms with Crippen LogP contribution in [-0.2, 0) is 9.22 Å². The van der Waals surface area contributed by atoms with Crippen molar-refractivity contribution in [1.29, 1.82) is 0 Å². The highest BCUT2D eigenvalue weighted by molar-refractivity contribution is 7.94. The van der Waals surface area contributed by atoms with Gasteiger partial charge in [0.1, 0.15) is 28.7 Å². The summed E-state index contributed by atoms with van der Waals surface area (Å²) in [5.41, 5.74) is 0.968. The van der Waals surface area contributed by atoms with Gasteiger partial charge in [0, 0.05) is 16.7 Å². The quantitative estimate of drug-likeness (QED) is 0.230. The Morgan fingerprint density at radius 2 is 1.93 bits per heavy atom. The van der Waals surface area contributed by atoms with E-state index in [-0.39, 0.29) is 5.91 Å². The number of benzene rings is 2. The summed E-state index contributed by atoms with van der Waals surface area (Å²) in [6.07, 6.45) is 1.61. The molecular formula is C22H18N2O5S. The molecule has 0 bridgehead atoms. The predicted molar refractivity (Wildman–Crippen MR) is 114 cm³/mol. The van der Waals surface area contributed by atoms with Gasteiger partial charge in [-0.2, -0.15) is 4.33 Å². The topological polar surface area (TPSA) is 82.8 Å². The Bertz CT molecular complexity index is 1160. The third-order valence-electron chi connectivity index (χ3n) is 4.14. The van der Waals surface area contributed by atoms with E-state index >= 15 is 0 Å². The zero-order valence-electron chi connectivity index (χ0n) is 16.2. The number of pyridine rings is 1. The number of carbonyl (C=O) groups excluding carboxylic acids is 1. The van der Waals surface area contributed by atoms with Gasteiger partial charge in [0.2, 0.25) is 0 Å². The maximum Gasteiger partial charge on any atom is 0.257 e. The Hall–Kier alpha value is -3.33. The lowest BCUT2D eigenvalue weighted by atomic mass is 10.1. The van der Waals surface area contributed by atoms with Crippen molar-refractivity contribution in [2.45, 2.75) is 11.8 Å². The van der Waals surface area contributed by atoms with Crippen LogP contribution in [0, 0.1) is 6.92 Å². The minimum Gasteiger partial charge on any atom is -0.461 e. The fourth-order valence-corrected chi connectivity index (χ4v) is 3.23. The normalized spacial score (nSPS) is 10.9. The number of nitrogens with one attached hydrogen (secondary N) is 1. The number of anilines is 1. The van der Waals surface area contributed by atoms with Gasteiger partial charge in [0.25, 0.3) is 5.91 Å². The molecule has 2 heterocycles. The average Bonchev–Trinajstić information content (AvgIpc) is 3.14. The molecule has 152 valence electrons. The van der Waals surface area contributed by atoms with Crippen LogP contribution in [0.1, 0.15) is 16.1 Å². The van der Waals surface area contributed by atoms with E-state index in [1.807, 2.05) is 25.1 Å². The van der Waals surface area contributed by atoms with Gasteiger partial charge >= 0.3 is 0 Å². The van der Waals surface area contributed by atoms with Crippen LogP contribution >= 0.6 is 12.0 Å². The van der Waals surface area contributed by atoms with E-state index in [4.69, 9.17) is 13.5 Å². The number of rotatable bonds is 7. The molecule has 0 spiro atoms. The second kappa shape index (κ2) is 9.00. The van der Waals surface area contributed by atoms with Gasteiger partial charge < -0.3 is 14.5 Å². The molecule has 8 heteroatoms. The zero-order valence-corrected chi connectivity index (χ0v) is 17.1. The van der Waals surface area contributed by atoms with Crippen LogP contribution in [0.25, 0.3) is 11.0 Å². The van der Waals surface area contributed by atoms with E-state index in [1.54, 1.807) is 48.7 Å². The standard InChI is InChI=1S/C22H18N2O5S/c1-14-11-18-19(27-14)12-15(22(25)24-21-5-3-4-10-23-21)13-20(18)28-16-6-8-17(9-7-16)30-29-26-2/h3-13H,1-2H3,(H,23,24,25). The molecule has 0 aliphatic rings. The number of aryl methyl sites for hydroxylation is 1. The average molecular weight is 422 g/mol. The fraction of sp³-hybridized carbons (Fsp3) is 0.0909. The number of amides is 1. The van der Waals surface area contributed by atoms with Crippen molar-refractivity contribution in [3.8, 4) is 11.5 Å². The molecule has 2 aromatic carbocycles. The summed E-state index contributed by atoms with van der Waals surface area (Å²) >= 11 is 1.10. The molecule has 7 nitrogen and oxygen atoms in total. The lowest BCUT2D eigenvalue weighted by Gasteiger charge is -2.10.